The molecule has 0 atom stereocenters. The highest BCUT2D eigenvalue weighted by atomic mass is 32.2. The number of nitrogens with zero attached hydrogens (tertiary/aromatic N) is 3. The molecule has 1 heterocycles. The molecule has 33 heavy (non-hydrogen) atoms. The molecule has 2 N–H and O–H groups in total. The SMILES string of the molecule is CCn1c(CNc2ccc(F)cc2)nnc1SCC(=O)Nc1ccccc1-c1ccccc1. The monoisotopic (exact) mass is 461 g/mol. The van der Waals surface area contributed by atoms with Crippen LogP contribution in [0, 0.1) is 5.82 Å². The number of anilines is 2. The summed E-state index contributed by atoms with van der Waals surface area (Å²) in [5, 5.41) is 15.4. The van der Waals surface area contributed by atoms with Crippen LogP contribution in [0.15, 0.2) is 84.0 Å². The molecule has 4 rings (SSSR count). The van der Waals surface area contributed by atoms with Crippen molar-refractivity contribution in [1.82, 2.24) is 14.8 Å². The molecule has 4 aromatic rings. The Kier molecular flexibility index (Phi) is 7.36. The van der Waals surface area contributed by atoms with Crippen LogP contribution in [0.25, 0.3) is 11.1 Å². The van der Waals surface area contributed by atoms with E-state index in [9.17, 15) is 9.18 Å². The van der Waals surface area contributed by atoms with Gasteiger partial charge in [0.1, 0.15) is 5.82 Å². The van der Waals surface area contributed by atoms with Crippen molar-refractivity contribution in [3.05, 3.63) is 90.5 Å². The summed E-state index contributed by atoms with van der Waals surface area (Å²) in [7, 11) is 0. The van der Waals surface area contributed by atoms with Crippen molar-refractivity contribution in [2.45, 2.75) is 25.2 Å². The van der Waals surface area contributed by atoms with Crippen LogP contribution in [-0.2, 0) is 17.9 Å². The number of carbonyl (C=O) groups excluding carboxylic acids is 1. The third kappa shape index (κ3) is 5.78. The van der Waals surface area contributed by atoms with Crippen LogP contribution in [0.5, 0.6) is 0 Å². The lowest BCUT2D eigenvalue weighted by Gasteiger charge is -2.12. The van der Waals surface area contributed by atoms with E-state index in [1.807, 2.05) is 66.1 Å². The van der Waals surface area contributed by atoms with Gasteiger partial charge in [0.05, 0.1) is 12.3 Å². The topological polar surface area (TPSA) is 71.8 Å². The van der Waals surface area contributed by atoms with E-state index in [4.69, 9.17) is 0 Å². The quantitative estimate of drug-likeness (QED) is 0.325. The molecule has 0 bridgehead atoms. The maximum absolute atomic E-state index is 13.1. The standard InChI is InChI=1S/C25H24FN5OS/c1-2-31-23(16-27-20-14-12-19(26)13-15-20)29-30-25(31)33-17-24(32)28-22-11-7-6-10-21(22)18-8-4-3-5-9-18/h3-15,27H,2,16-17H2,1H3,(H,28,32). The number of thioether (sulfide) groups is 1. The molecule has 0 saturated carbocycles. The van der Waals surface area contributed by atoms with Crippen LogP contribution in [0.1, 0.15) is 12.7 Å². The Morgan fingerprint density at radius 1 is 0.970 bits per heavy atom. The van der Waals surface area contributed by atoms with Crippen LogP contribution in [0.3, 0.4) is 0 Å². The van der Waals surface area contributed by atoms with Crippen LogP contribution in [-0.4, -0.2) is 26.4 Å². The third-order valence-corrected chi connectivity index (χ3v) is 5.99. The Morgan fingerprint density at radius 2 is 1.70 bits per heavy atom. The van der Waals surface area contributed by atoms with Crippen LogP contribution < -0.4 is 10.6 Å². The molecular formula is C25H24FN5OS. The van der Waals surface area contributed by atoms with Crippen LogP contribution in [0.2, 0.25) is 0 Å². The summed E-state index contributed by atoms with van der Waals surface area (Å²) in [5.74, 6) is 0.576. The number of para-hydroxylation sites is 1. The Hall–Kier alpha value is -3.65. The third-order valence-electron chi connectivity index (χ3n) is 5.02. The fourth-order valence-corrected chi connectivity index (χ4v) is 4.22. The smallest absolute Gasteiger partial charge is 0.234 e. The number of amides is 1. The van der Waals surface area contributed by atoms with Gasteiger partial charge in [-0.1, -0.05) is 60.3 Å². The fourth-order valence-electron chi connectivity index (χ4n) is 3.40. The fraction of sp³-hybridized carbons (Fsp3) is 0.160. The highest BCUT2D eigenvalue weighted by Crippen LogP contribution is 2.28. The van der Waals surface area contributed by atoms with Gasteiger partial charge >= 0.3 is 0 Å². The summed E-state index contributed by atoms with van der Waals surface area (Å²) >= 11 is 1.35. The van der Waals surface area contributed by atoms with Crippen LogP contribution in [0.4, 0.5) is 15.8 Å². The van der Waals surface area contributed by atoms with Gasteiger partial charge in [-0.3, -0.25) is 4.79 Å². The summed E-state index contributed by atoms with van der Waals surface area (Å²) in [6, 6.07) is 23.9. The molecule has 0 aliphatic rings. The van der Waals surface area contributed by atoms with Crippen molar-refractivity contribution in [2.75, 3.05) is 16.4 Å². The molecule has 0 aliphatic carbocycles. The highest BCUT2D eigenvalue weighted by molar-refractivity contribution is 7.99. The maximum Gasteiger partial charge on any atom is 0.234 e. The Labute approximate surface area is 196 Å². The number of hydrogen-bond donors (Lipinski definition) is 2. The molecular weight excluding hydrogens is 437 g/mol. The summed E-state index contributed by atoms with van der Waals surface area (Å²) in [6.07, 6.45) is 0. The summed E-state index contributed by atoms with van der Waals surface area (Å²) in [6.45, 7) is 3.13. The van der Waals surface area contributed by atoms with Crippen molar-refractivity contribution >= 4 is 29.0 Å². The molecule has 0 radical (unpaired) electrons. The number of benzene rings is 3. The lowest BCUT2D eigenvalue weighted by Crippen LogP contribution is -2.15. The highest BCUT2D eigenvalue weighted by Gasteiger charge is 2.14. The van der Waals surface area contributed by atoms with Crippen molar-refractivity contribution in [3.8, 4) is 11.1 Å². The zero-order chi connectivity index (χ0) is 23.0. The first-order valence-electron chi connectivity index (χ1n) is 10.6. The zero-order valence-electron chi connectivity index (χ0n) is 18.2. The Balaban J connectivity index is 1.38. The molecule has 0 unspecified atom stereocenters. The predicted molar refractivity (Wildman–Crippen MR) is 131 cm³/mol. The van der Waals surface area contributed by atoms with E-state index in [1.165, 1.54) is 23.9 Å². The number of aromatic nitrogens is 3. The number of nitrogens with one attached hydrogen (secondary N) is 2. The molecule has 1 amide bonds. The first-order chi connectivity index (χ1) is 16.1. The van der Waals surface area contributed by atoms with Gasteiger partial charge in [0.15, 0.2) is 11.0 Å². The minimum absolute atomic E-state index is 0.111. The average Bonchev–Trinajstić information content (AvgIpc) is 3.25. The first-order valence-corrected chi connectivity index (χ1v) is 11.6. The second-order valence-electron chi connectivity index (χ2n) is 7.25. The summed E-state index contributed by atoms with van der Waals surface area (Å²) in [4.78, 5) is 12.7. The van der Waals surface area contributed by atoms with Crippen LogP contribution >= 0.6 is 11.8 Å². The lowest BCUT2D eigenvalue weighted by molar-refractivity contribution is -0.113. The van der Waals surface area contributed by atoms with Crippen molar-refractivity contribution in [1.29, 1.82) is 0 Å². The van der Waals surface area contributed by atoms with Crippen molar-refractivity contribution in [2.24, 2.45) is 0 Å². The average molecular weight is 462 g/mol. The maximum atomic E-state index is 13.1. The van der Waals surface area contributed by atoms with Gasteiger partial charge < -0.3 is 15.2 Å². The van der Waals surface area contributed by atoms with E-state index in [0.29, 0.717) is 18.2 Å². The second-order valence-corrected chi connectivity index (χ2v) is 8.19. The predicted octanol–water partition coefficient (Wildman–Crippen LogP) is 5.45. The molecule has 6 nitrogen and oxygen atoms in total. The van der Waals surface area contributed by atoms with E-state index in [0.717, 1.165) is 28.3 Å². The molecule has 0 fully saturated rings. The summed E-state index contributed by atoms with van der Waals surface area (Å²) in [5.41, 5.74) is 3.59. The number of rotatable bonds is 9. The molecule has 8 heteroatoms. The lowest BCUT2D eigenvalue weighted by atomic mass is 10.0. The van der Waals surface area contributed by atoms with E-state index in [1.54, 1.807) is 12.1 Å². The minimum Gasteiger partial charge on any atom is -0.378 e. The van der Waals surface area contributed by atoms with Gasteiger partial charge in [-0.25, -0.2) is 4.39 Å². The molecule has 0 aliphatic heterocycles. The largest absolute Gasteiger partial charge is 0.378 e. The number of halogens is 1. The molecule has 168 valence electrons. The van der Waals surface area contributed by atoms with Gasteiger partial charge in [0.25, 0.3) is 0 Å². The van der Waals surface area contributed by atoms with Crippen molar-refractivity contribution in [3.63, 3.8) is 0 Å². The van der Waals surface area contributed by atoms with E-state index >= 15 is 0 Å². The van der Waals surface area contributed by atoms with Gasteiger partial charge in [-0.15, -0.1) is 10.2 Å². The van der Waals surface area contributed by atoms with Gasteiger partial charge in [-0.2, -0.15) is 0 Å². The normalized spacial score (nSPS) is 10.7. The van der Waals surface area contributed by atoms with E-state index in [-0.39, 0.29) is 17.5 Å². The van der Waals surface area contributed by atoms with E-state index in [2.05, 4.69) is 20.8 Å². The molecule has 0 saturated heterocycles. The number of carbonyl (C=O) groups is 1. The molecule has 3 aromatic carbocycles. The minimum atomic E-state index is -0.277. The van der Waals surface area contributed by atoms with Gasteiger partial charge in [0.2, 0.25) is 5.91 Å². The second kappa shape index (κ2) is 10.8. The van der Waals surface area contributed by atoms with Gasteiger partial charge in [-0.05, 0) is 42.8 Å². The van der Waals surface area contributed by atoms with Crippen molar-refractivity contribution < 1.29 is 9.18 Å². The zero-order valence-corrected chi connectivity index (χ0v) is 19.0. The van der Waals surface area contributed by atoms with E-state index < -0.39 is 0 Å². The molecule has 0 spiro atoms. The Morgan fingerprint density at radius 3 is 2.45 bits per heavy atom. The first kappa shape index (κ1) is 22.5. The summed E-state index contributed by atoms with van der Waals surface area (Å²) < 4.78 is 15.0. The molecule has 1 aromatic heterocycles. The van der Waals surface area contributed by atoms with Gasteiger partial charge in [0, 0.05) is 23.5 Å². The number of hydrogen-bond acceptors (Lipinski definition) is 5. The Bertz CT molecular complexity index is 1210.